The molecule has 35 heavy (non-hydrogen) atoms. The Labute approximate surface area is 206 Å². The quantitative estimate of drug-likeness (QED) is 0.330. The van der Waals surface area contributed by atoms with Crippen LogP contribution in [0.1, 0.15) is 27.9 Å². The second-order valence-corrected chi connectivity index (χ2v) is 10.8. The van der Waals surface area contributed by atoms with Crippen molar-refractivity contribution in [3.63, 3.8) is 0 Å². The van der Waals surface area contributed by atoms with Crippen LogP contribution in [0.4, 0.5) is 0 Å². The summed E-state index contributed by atoms with van der Waals surface area (Å²) in [5, 5.41) is 1.82. The molecule has 1 aliphatic rings. The van der Waals surface area contributed by atoms with Crippen molar-refractivity contribution in [1.82, 2.24) is 4.31 Å². The number of Topliss-reactive ketones (excluding diaryl/α,β-unsaturated/α-hetero) is 1. The number of sulfonamides is 1. The van der Waals surface area contributed by atoms with Crippen LogP contribution in [-0.2, 0) is 21.2 Å². The summed E-state index contributed by atoms with van der Waals surface area (Å²) in [7, 11) is -3.89. The maximum atomic E-state index is 13.8. The molecule has 1 aliphatic heterocycles. The molecule has 0 unspecified atom stereocenters. The van der Waals surface area contributed by atoms with Crippen LogP contribution >= 0.6 is 0 Å². The second kappa shape index (κ2) is 9.74. The average Bonchev–Trinajstić information content (AvgIpc) is 3.27. The Hall–Kier alpha value is -3.32. The van der Waals surface area contributed by atoms with Crippen molar-refractivity contribution >= 4 is 26.6 Å². The van der Waals surface area contributed by atoms with Gasteiger partial charge in [0.2, 0.25) is 10.0 Å². The largest absolute Gasteiger partial charge is 0.360 e. The summed E-state index contributed by atoms with van der Waals surface area (Å²) in [5.74, 6) is -0.142. The van der Waals surface area contributed by atoms with Crippen LogP contribution in [0.3, 0.4) is 0 Å². The van der Waals surface area contributed by atoms with Gasteiger partial charge >= 0.3 is 0 Å². The molecule has 2 atom stereocenters. The van der Waals surface area contributed by atoms with Crippen molar-refractivity contribution in [2.24, 2.45) is 0 Å². The zero-order valence-corrected chi connectivity index (χ0v) is 20.3. The van der Waals surface area contributed by atoms with Gasteiger partial charge in [0.15, 0.2) is 5.78 Å². The fraction of sp³-hybridized carbons (Fsp3) is 0.207. The van der Waals surface area contributed by atoms with Crippen molar-refractivity contribution in [3.05, 3.63) is 114 Å². The number of aryl methyl sites for hydroxylation is 1. The van der Waals surface area contributed by atoms with Gasteiger partial charge in [-0.05, 0) is 41.8 Å². The van der Waals surface area contributed by atoms with E-state index in [4.69, 9.17) is 4.74 Å². The monoisotopic (exact) mass is 485 g/mol. The lowest BCUT2D eigenvalue weighted by Crippen LogP contribution is -2.43. The van der Waals surface area contributed by atoms with E-state index < -0.39 is 22.3 Å². The number of rotatable bonds is 7. The van der Waals surface area contributed by atoms with Gasteiger partial charge < -0.3 is 4.74 Å². The first-order valence-electron chi connectivity index (χ1n) is 11.7. The molecular weight excluding hydrogens is 458 g/mol. The van der Waals surface area contributed by atoms with Crippen LogP contribution in [0.25, 0.3) is 10.8 Å². The highest BCUT2D eigenvalue weighted by atomic mass is 32.2. The maximum absolute atomic E-state index is 13.8. The molecule has 0 aromatic heterocycles. The molecule has 0 radical (unpaired) electrons. The van der Waals surface area contributed by atoms with E-state index in [1.807, 2.05) is 73.7 Å². The van der Waals surface area contributed by atoms with Crippen LogP contribution < -0.4 is 0 Å². The smallest absolute Gasteiger partial charge is 0.245 e. The predicted octanol–water partition coefficient (Wildman–Crippen LogP) is 5.38. The molecule has 1 saturated heterocycles. The molecular formula is C29H27NO4S. The first-order valence-corrected chi connectivity index (χ1v) is 13.1. The molecule has 4 aromatic rings. The molecule has 6 heteroatoms. The molecule has 0 amide bonds. The Kier molecular flexibility index (Phi) is 6.52. The molecule has 0 bridgehead atoms. The summed E-state index contributed by atoms with van der Waals surface area (Å²) in [6, 6.07) is 29.5. The Morgan fingerprint density at radius 1 is 0.886 bits per heavy atom. The van der Waals surface area contributed by atoms with Gasteiger partial charge in [-0.15, -0.1) is 0 Å². The number of benzene rings is 4. The van der Waals surface area contributed by atoms with Crippen LogP contribution in [0.2, 0.25) is 0 Å². The SMILES string of the molecule is Cc1ccc(S(=O)(=O)N2[C@@H](Cc3ccccc3)CO[C@H]2CC(=O)c2cccc3ccccc23)cc1. The summed E-state index contributed by atoms with van der Waals surface area (Å²) >= 11 is 0. The summed E-state index contributed by atoms with van der Waals surface area (Å²) in [5.41, 5.74) is 2.57. The molecule has 1 fully saturated rings. The van der Waals surface area contributed by atoms with Gasteiger partial charge in [0.05, 0.1) is 24.0 Å². The van der Waals surface area contributed by atoms with Gasteiger partial charge in [-0.1, -0.05) is 90.5 Å². The zero-order valence-electron chi connectivity index (χ0n) is 19.5. The van der Waals surface area contributed by atoms with Crippen molar-refractivity contribution in [3.8, 4) is 0 Å². The van der Waals surface area contributed by atoms with Crippen molar-refractivity contribution in [2.75, 3.05) is 6.61 Å². The van der Waals surface area contributed by atoms with E-state index in [0.717, 1.165) is 21.9 Å². The van der Waals surface area contributed by atoms with Gasteiger partial charge in [-0.25, -0.2) is 8.42 Å². The zero-order chi connectivity index (χ0) is 24.4. The first kappa shape index (κ1) is 23.4. The fourth-order valence-corrected chi connectivity index (χ4v) is 6.40. The van der Waals surface area contributed by atoms with Crippen LogP contribution in [0, 0.1) is 6.92 Å². The van der Waals surface area contributed by atoms with E-state index in [9.17, 15) is 13.2 Å². The van der Waals surface area contributed by atoms with Gasteiger partial charge in [0.1, 0.15) is 6.23 Å². The number of nitrogens with zero attached hydrogens (tertiary/aromatic N) is 1. The molecule has 178 valence electrons. The van der Waals surface area contributed by atoms with Crippen molar-refractivity contribution in [2.45, 2.75) is 36.9 Å². The average molecular weight is 486 g/mol. The van der Waals surface area contributed by atoms with E-state index in [1.165, 1.54) is 4.31 Å². The summed E-state index contributed by atoms with van der Waals surface area (Å²) < 4.78 is 35.1. The maximum Gasteiger partial charge on any atom is 0.245 e. The lowest BCUT2D eigenvalue weighted by atomic mass is 9.99. The number of ether oxygens (including phenoxy) is 1. The number of carbonyl (C=O) groups excluding carboxylic acids is 1. The minimum atomic E-state index is -3.89. The normalized spacial score (nSPS) is 18.7. The fourth-order valence-electron chi connectivity index (χ4n) is 4.71. The van der Waals surface area contributed by atoms with E-state index in [2.05, 4.69) is 0 Å². The number of fused-ring (bicyclic) bond motifs is 1. The Bertz CT molecular complexity index is 1440. The van der Waals surface area contributed by atoms with Gasteiger partial charge in [-0.3, -0.25) is 4.79 Å². The molecule has 1 heterocycles. The standard InChI is InChI=1S/C29H27NO4S/c1-21-14-16-25(17-15-21)35(32,33)30-24(18-22-8-3-2-4-9-22)20-34-29(30)19-28(31)27-13-7-11-23-10-5-6-12-26(23)27/h2-17,24,29H,18-20H2,1H3/t24-,29-/m0/s1. The van der Waals surface area contributed by atoms with E-state index in [-0.39, 0.29) is 23.7 Å². The predicted molar refractivity (Wildman–Crippen MR) is 137 cm³/mol. The lowest BCUT2D eigenvalue weighted by molar-refractivity contribution is 0.0539. The first-order chi connectivity index (χ1) is 16.9. The molecule has 0 aliphatic carbocycles. The molecule has 0 N–H and O–H groups in total. The number of ketones is 1. The summed E-state index contributed by atoms with van der Waals surface area (Å²) in [6.45, 7) is 2.15. The third-order valence-corrected chi connectivity index (χ3v) is 8.44. The van der Waals surface area contributed by atoms with Crippen molar-refractivity contribution in [1.29, 1.82) is 0 Å². The number of hydrogen-bond acceptors (Lipinski definition) is 4. The number of carbonyl (C=O) groups is 1. The minimum Gasteiger partial charge on any atom is -0.360 e. The highest BCUT2D eigenvalue weighted by molar-refractivity contribution is 7.89. The van der Waals surface area contributed by atoms with Crippen LogP contribution in [-0.4, -0.2) is 37.4 Å². The minimum absolute atomic E-state index is 0.0512. The molecule has 5 rings (SSSR count). The Morgan fingerprint density at radius 3 is 2.34 bits per heavy atom. The lowest BCUT2D eigenvalue weighted by Gasteiger charge is -2.27. The van der Waals surface area contributed by atoms with Crippen LogP contribution in [0.5, 0.6) is 0 Å². The van der Waals surface area contributed by atoms with Crippen molar-refractivity contribution < 1.29 is 17.9 Å². The Morgan fingerprint density at radius 2 is 1.57 bits per heavy atom. The molecule has 0 saturated carbocycles. The molecule has 5 nitrogen and oxygen atoms in total. The molecule has 4 aromatic carbocycles. The summed E-state index contributed by atoms with van der Waals surface area (Å²) in [6.07, 6.45) is -0.420. The van der Waals surface area contributed by atoms with E-state index in [0.29, 0.717) is 12.0 Å². The topological polar surface area (TPSA) is 63.7 Å². The molecule has 0 spiro atoms. The van der Waals surface area contributed by atoms with Gasteiger partial charge in [0, 0.05) is 5.56 Å². The van der Waals surface area contributed by atoms with E-state index in [1.54, 1.807) is 30.3 Å². The second-order valence-electron chi connectivity index (χ2n) is 8.93. The Balaban J connectivity index is 1.48. The number of hydrogen-bond donors (Lipinski definition) is 0. The highest BCUT2D eigenvalue weighted by Gasteiger charge is 2.44. The third-order valence-electron chi connectivity index (χ3n) is 6.49. The van der Waals surface area contributed by atoms with Gasteiger partial charge in [0.25, 0.3) is 0 Å². The van der Waals surface area contributed by atoms with Crippen LogP contribution in [0.15, 0.2) is 102 Å². The highest BCUT2D eigenvalue weighted by Crippen LogP contribution is 2.32. The van der Waals surface area contributed by atoms with Gasteiger partial charge in [-0.2, -0.15) is 4.31 Å². The third kappa shape index (κ3) is 4.78. The van der Waals surface area contributed by atoms with E-state index >= 15 is 0 Å². The summed E-state index contributed by atoms with van der Waals surface area (Å²) in [4.78, 5) is 13.6.